The quantitative estimate of drug-likeness (QED) is 0.430. The molecule has 0 saturated heterocycles. The lowest BCUT2D eigenvalue weighted by atomic mass is 10.0. The van der Waals surface area contributed by atoms with Crippen LogP contribution in [0, 0.1) is 6.92 Å². The molecule has 2 N–H and O–H groups in total. The van der Waals surface area contributed by atoms with E-state index in [4.69, 9.17) is 4.98 Å². The molecule has 0 atom stereocenters. The minimum atomic E-state index is 0.704. The number of H-pyrrole nitrogens is 1. The van der Waals surface area contributed by atoms with Gasteiger partial charge in [0.15, 0.2) is 0 Å². The Balaban J connectivity index is 1.57. The number of hydrogen-bond donors (Lipinski definition) is 2. The molecule has 0 aliphatic carbocycles. The number of aromatic amines is 1. The van der Waals surface area contributed by atoms with Gasteiger partial charge in [0.2, 0.25) is 0 Å². The number of nitrogens with one attached hydrogen (secondary N) is 2. The maximum absolute atomic E-state index is 4.73. The number of fused-ring (bicyclic) bond motifs is 2. The summed E-state index contributed by atoms with van der Waals surface area (Å²) >= 11 is 0. The fraction of sp³-hybridized carbons (Fsp3) is 0.0833. The highest BCUT2D eigenvalue weighted by Crippen LogP contribution is 2.32. The molecule has 0 fully saturated rings. The first kappa shape index (κ1) is 16.5. The minimum Gasteiger partial charge on any atom is -0.365 e. The maximum Gasteiger partial charge on any atom is 0.138 e. The van der Waals surface area contributed by atoms with Crippen molar-refractivity contribution in [3.63, 3.8) is 0 Å². The van der Waals surface area contributed by atoms with Crippen molar-refractivity contribution in [2.45, 2.75) is 13.5 Å². The summed E-state index contributed by atoms with van der Waals surface area (Å²) in [5.74, 6) is 1.64. The monoisotopic (exact) mass is 364 g/mol. The minimum absolute atomic E-state index is 0.704. The predicted molar refractivity (Wildman–Crippen MR) is 115 cm³/mol. The van der Waals surface area contributed by atoms with Crippen LogP contribution in [0.4, 0.5) is 5.82 Å². The molecule has 0 aliphatic heterocycles. The summed E-state index contributed by atoms with van der Waals surface area (Å²) in [6.07, 6.45) is 1.97. The van der Waals surface area contributed by atoms with E-state index in [1.807, 2.05) is 25.3 Å². The molecular formula is C24H20N4. The van der Waals surface area contributed by atoms with Gasteiger partial charge in [-0.15, -0.1) is 0 Å². The van der Waals surface area contributed by atoms with E-state index in [-0.39, 0.29) is 0 Å². The molecule has 0 aliphatic rings. The number of aromatic nitrogens is 3. The first-order valence-electron chi connectivity index (χ1n) is 9.40. The molecule has 0 unspecified atom stereocenters. The van der Waals surface area contributed by atoms with Crippen LogP contribution in [0.25, 0.3) is 32.9 Å². The van der Waals surface area contributed by atoms with Crippen molar-refractivity contribution in [2.24, 2.45) is 0 Å². The summed E-state index contributed by atoms with van der Waals surface area (Å²) < 4.78 is 0. The molecule has 2 aromatic heterocycles. The lowest BCUT2D eigenvalue weighted by Crippen LogP contribution is -2.05. The largest absolute Gasteiger partial charge is 0.365 e. The highest BCUT2D eigenvalue weighted by atomic mass is 15.0. The zero-order valence-corrected chi connectivity index (χ0v) is 15.6. The van der Waals surface area contributed by atoms with Crippen molar-refractivity contribution < 1.29 is 0 Å². The van der Waals surface area contributed by atoms with Crippen LogP contribution >= 0.6 is 0 Å². The van der Waals surface area contributed by atoms with Crippen molar-refractivity contribution in [3.05, 3.63) is 90.4 Å². The third-order valence-corrected chi connectivity index (χ3v) is 5.00. The Labute approximate surface area is 163 Å². The van der Waals surface area contributed by atoms with Gasteiger partial charge in [-0.2, -0.15) is 0 Å². The van der Waals surface area contributed by atoms with Gasteiger partial charge in [0.25, 0.3) is 0 Å². The maximum atomic E-state index is 4.73. The third kappa shape index (κ3) is 2.99. The van der Waals surface area contributed by atoms with Gasteiger partial charge in [-0.3, -0.25) is 0 Å². The van der Waals surface area contributed by atoms with E-state index < -0.39 is 0 Å². The Bertz CT molecular complexity index is 1270. The van der Waals surface area contributed by atoms with Crippen LogP contribution in [0.5, 0.6) is 0 Å². The van der Waals surface area contributed by atoms with Gasteiger partial charge in [0, 0.05) is 18.3 Å². The van der Waals surface area contributed by atoms with Crippen molar-refractivity contribution in [3.8, 4) is 11.1 Å². The van der Waals surface area contributed by atoms with Crippen LogP contribution in [-0.4, -0.2) is 15.0 Å². The Kier molecular flexibility index (Phi) is 4.02. The third-order valence-electron chi connectivity index (χ3n) is 5.00. The van der Waals surface area contributed by atoms with Crippen molar-refractivity contribution in [2.75, 3.05) is 5.32 Å². The first-order chi connectivity index (χ1) is 13.8. The summed E-state index contributed by atoms with van der Waals surface area (Å²) in [4.78, 5) is 12.6. The lowest BCUT2D eigenvalue weighted by molar-refractivity contribution is 1.05. The van der Waals surface area contributed by atoms with Crippen molar-refractivity contribution >= 4 is 27.6 Å². The van der Waals surface area contributed by atoms with Gasteiger partial charge >= 0.3 is 0 Å². The van der Waals surface area contributed by atoms with E-state index in [9.17, 15) is 0 Å². The number of benzene rings is 3. The molecule has 0 amide bonds. The molecule has 0 bridgehead atoms. The van der Waals surface area contributed by atoms with Gasteiger partial charge in [0.1, 0.15) is 11.6 Å². The van der Waals surface area contributed by atoms with Crippen LogP contribution in [-0.2, 0) is 6.54 Å². The Morgan fingerprint density at radius 3 is 2.68 bits per heavy atom. The molecule has 4 heteroatoms. The zero-order valence-electron chi connectivity index (χ0n) is 15.6. The molecule has 5 aromatic rings. The first-order valence-corrected chi connectivity index (χ1v) is 9.40. The number of aryl methyl sites for hydroxylation is 1. The number of anilines is 1. The second kappa shape index (κ2) is 6.82. The molecule has 0 radical (unpaired) electrons. The molecule has 28 heavy (non-hydrogen) atoms. The van der Waals surface area contributed by atoms with Crippen LogP contribution in [0.2, 0.25) is 0 Å². The van der Waals surface area contributed by atoms with E-state index in [0.717, 1.165) is 39.2 Å². The lowest BCUT2D eigenvalue weighted by Gasteiger charge is -2.13. The van der Waals surface area contributed by atoms with E-state index in [2.05, 4.69) is 75.9 Å². The molecule has 0 spiro atoms. The van der Waals surface area contributed by atoms with Crippen LogP contribution in [0.15, 0.2) is 79.0 Å². The number of rotatable bonds is 4. The zero-order chi connectivity index (χ0) is 18.9. The van der Waals surface area contributed by atoms with Gasteiger partial charge in [-0.1, -0.05) is 48.5 Å². The van der Waals surface area contributed by atoms with Gasteiger partial charge in [-0.25, -0.2) is 9.97 Å². The molecule has 0 saturated carbocycles. The molecular weight excluding hydrogens is 344 g/mol. The Hall–Kier alpha value is -3.66. The standard InChI is InChI=1S/C24H20N4/c1-16-27-22-9-5-8-20(18-6-3-2-4-7-18)23(22)24(28-16)26-15-17-10-11-21-19(14-17)12-13-25-21/h2-14,25H,15H2,1H3,(H,26,27,28). The SMILES string of the molecule is Cc1nc(NCc2ccc3[nH]ccc3c2)c2c(-c3ccccc3)cccc2n1. The van der Waals surface area contributed by atoms with Crippen LogP contribution in [0.1, 0.15) is 11.4 Å². The Morgan fingerprint density at radius 2 is 1.79 bits per heavy atom. The molecule has 2 heterocycles. The second-order valence-corrected chi connectivity index (χ2v) is 6.94. The van der Waals surface area contributed by atoms with E-state index in [0.29, 0.717) is 6.54 Å². The molecule has 3 aromatic carbocycles. The highest BCUT2D eigenvalue weighted by molar-refractivity contribution is 6.01. The summed E-state index contributed by atoms with van der Waals surface area (Å²) in [5, 5.41) is 5.82. The average Bonchev–Trinajstić information content (AvgIpc) is 3.20. The number of nitrogens with zero attached hydrogens (tertiary/aromatic N) is 2. The molecule has 5 rings (SSSR count). The normalized spacial score (nSPS) is 11.2. The van der Waals surface area contributed by atoms with Gasteiger partial charge in [0.05, 0.1) is 10.9 Å². The fourth-order valence-electron chi connectivity index (χ4n) is 3.68. The smallest absolute Gasteiger partial charge is 0.138 e. The second-order valence-electron chi connectivity index (χ2n) is 6.94. The predicted octanol–water partition coefficient (Wildman–Crippen LogP) is 5.70. The van der Waals surface area contributed by atoms with Crippen molar-refractivity contribution in [1.29, 1.82) is 0 Å². The Morgan fingerprint density at radius 1 is 0.893 bits per heavy atom. The summed E-state index contributed by atoms with van der Waals surface area (Å²) in [6.45, 7) is 2.64. The van der Waals surface area contributed by atoms with Gasteiger partial charge in [-0.05, 0) is 53.3 Å². The van der Waals surface area contributed by atoms with E-state index in [1.54, 1.807) is 0 Å². The summed E-state index contributed by atoms with van der Waals surface area (Å²) in [6, 6.07) is 25.2. The van der Waals surface area contributed by atoms with Gasteiger partial charge < -0.3 is 10.3 Å². The van der Waals surface area contributed by atoms with Crippen LogP contribution < -0.4 is 5.32 Å². The summed E-state index contributed by atoms with van der Waals surface area (Å²) in [7, 11) is 0. The number of hydrogen-bond acceptors (Lipinski definition) is 3. The van der Waals surface area contributed by atoms with Crippen LogP contribution in [0.3, 0.4) is 0 Å². The van der Waals surface area contributed by atoms with E-state index in [1.165, 1.54) is 10.9 Å². The summed E-state index contributed by atoms with van der Waals surface area (Å²) in [5.41, 5.74) is 5.63. The molecule has 136 valence electrons. The average molecular weight is 364 g/mol. The highest BCUT2D eigenvalue weighted by Gasteiger charge is 2.12. The fourth-order valence-corrected chi connectivity index (χ4v) is 3.68. The van der Waals surface area contributed by atoms with Crippen molar-refractivity contribution in [1.82, 2.24) is 15.0 Å². The topological polar surface area (TPSA) is 53.6 Å². The van der Waals surface area contributed by atoms with E-state index >= 15 is 0 Å². The molecule has 4 nitrogen and oxygen atoms in total.